The number of nitrogens with zero attached hydrogens (tertiary/aromatic N) is 3. The Morgan fingerprint density at radius 1 is 1.62 bits per heavy atom. The Kier molecular flexibility index (Phi) is 3.98. The average Bonchev–Trinajstić information content (AvgIpc) is 2.11. The quantitative estimate of drug-likeness (QED) is 0.618. The van der Waals surface area contributed by atoms with E-state index in [1.807, 2.05) is 6.07 Å². The molecule has 0 radical (unpaired) electrons. The fraction of sp³-hybridized carbons (Fsp3) is 0.889. The van der Waals surface area contributed by atoms with E-state index in [-0.39, 0.29) is 5.38 Å². The summed E-state index contributed by atoms with van der Waals surface area (Å²) < 4.78 is 0. The lowest BCUT2D eigenvalue weighted by Crippen LogP contribution is -2.51. The Hall–Kier alpha value is -0.300. The van der Waals surface area contributed by atoms with Gasteiger partial charge in [0.2, 0.25) is 0 Å². The van der Waals surface area contributed by atoms with Crippen molar-refractivity contribution < 1.29 is 0 Å². The summed E-state index contributed by atoms with van der Waals surface area (Å²) in [5.41, 5.74) is 0. The van der Waals surface area contributed by atoms with Crippen LogP contribution in [0.1, 0.15) is 6.92 Å². The Morgan fingerprint density at radius 2 is 2.31 bits per heavy atom. The van der Waals surface area contributed by atoms with Crippen molar-refractivity contribution in [1.29, 1.82) is 5.26 Å². The molecule has 0 aromatic heterocycles. The Labute approximate surface area is 84.9 Å². The van der Waals surface area contributed by atoms with Gasteiger partial charge >= 0.3 is 0 Å². The molecule has 1 saturated heterocycles. The number of hydrogen-bond acceptors (Lipinski definition) is 3. The zero-order chi connectivity index (χ0) is 9.84. The van der Waals surface area contributed by atoms with Crippen LogP contribution >= 0.6 is 11.6 Å². The summed E-state index contributed by atoms with van der Waals surface area (Å²) >= 11 is 5.77. The molecule has 2 atom stereocenters. The van der Waals surface area contributed by atoms with Crippen LogP contribution in [-0.4, -0.2) is 54.4 Å². The Balaban J connectivity index is 2.34. The van der Waals surface area contributed by atoms with E-state index in [2.05, 4.69) is 23.8 Å². The third kappa shape index (κ3) is 3.15. The normalized spacial score (nSPS) is 28.3. The number of piperazine rings is 1. The fourth-order valence-electron chi connectivity index (χ4n) is 1.56. The van der Waals surface area contributed by atoms with Gasteiger partial charge in [-0.1, -0.05) is 0 Å². The van der Waals surface area contributed by atoms with Gasteiger partial charge in [0.1, 0.15) is 5.38 Å². The molecule has 0 aromatic rings. The summed E-state index contributed by atoms with van der Waals surface area (Å²) in [6, 6.07) is 2.61. The highest BCUT2D eigenvalue weighted by atomic mass is 35.5. The van der Waals surface area contributed by atoms with Crippen LogP contribution in [0.15, 0.2) is 0 Å². The second kappa shape index (κ2) is 4.80. The molecule has 1 aliphatic heterocycles. The Morgan fingerprint density at radius 3 is 2.85 bits per heavy atom. The van der Waals surface area contributed by atoms with Crippen LogP contribution in [0, 0.1) is 11.3 Å². The van der Waals surface area contributed by atoms with E-state index in [1.165, 1.54) is 0 Å². The summed E-state index contributed by atoms with van der Waals surface area (Å²) in [5, 5.41) is 8.20. The molecule has 1 rings (SSSR count). The van der Waals surface area contributed by atoms with Crippen molar-refractivity contribution in [2.45, 2.75) is 18.3 Å². The summed E-state index contributed by atoms with van der Waals surface area (Å²) in [6.45, 7) is 5.99. The minimum Gasteiger partial charge on any atom is -0.301 e. The van der Waals surface area contributed by atoms with Gasteiger partial charge in [-0.3, -0.25) is 4.90 Å². The molecule has 0 bridgehead atoms. The van der Waals surface area contributed by atoms with E-state index >= 15 is 0 Å². The lowest BCUT2D eigenvalue weighted by Gasteiger charge is -2.37. The van der Waals surface area contributed by atoms with Gasteiger partial charge in [0, 0.05) is 32.2 Å². The molecular weight excluding hydrogens is 186 g/mol. The van der Waals surface area contributed by atoms with E-state index in [0.29, 0.717) is 12.6 Å². The maximum Gasteiger partial charge on any atom is 0.133 e. The zero-order valence-electron chi connectivity index (χ0n) is 8.20. The lowest BCUT2D eigenvalue weighted by atomic mass is 10.2. The minimum absolute atomic E-state index is 0.365. The first-order valence-corrected chi connectivity index (χ1v) is 5.03. The predicted molar refractivity (Wildman–Crippen MR) is 53.8 cm³/mol. The molecule has 0 aliphatic carbocycles. The summed E-state index contributed by atoms with van der Waals surface area (Å²) in [6.07, 6.45) is 0. The first-order valence-electron chi connectivity index (χ1n) is 4.59. The first-order chi connectivity index (χ1) is 6.13. The lowest BCUT2D eigenvalue weighted by molar-refractivity contribution is 0.108. The second-order valence-corrected chi connectivity index (χ2v) is 4.21. The minimum atomic E-state index is -0.365. The van der Waals surface area contributed by atoms with E-state index < -0.39 is 0 Å². The standard InChI is InChI=1S/C9H16ClN3/c1-8-6-13(4-3-12(8)2)7-9(10)5-11/h8-9H,3-4,6-7H2,1-2H3. The van der Waals surface area contributed by atoms with Crippen molar-refractivity contribution in [2.24, 2.45) is 0 Å². The topological polar surface area (TPSA) is 30.3 Å². The largest absolute Gasteiger partial charge is 0.301 e. The maximum absolute atomic E-state index is 8.56. The van der Waals surface area contributed by atoms with Crippen molar-refractivity contribution in [1.82, 2.24) is 9.80 Å². The third-order valence-corrected chi connectivity index (χ3v) is 2.84. The molecule has 0 saturated carbocycles. The van der Waals surface area contributed by atoms with Gasteiger partial charge in [-0.25, -0.2) is 0 Å². The smallest absolute Gasteiger partial charge is 0.133 e. The molecule has 0 amide bonds. The molecule has 13 heavy (non-hydrogen) atoms. The molecule has 1 fully saturated rings. The summed E-state index contributed by atoms with van der Waals surface area (Å²) in [7, 11) is 2.13. The van der Waals surface area contributed by atoms with Crippen molar-refractivity contribution in [3.63, 3.8) is 0 Å². The average molecular weight is 202 g/mol. The van der Waals surface area contributed by atoms with E-state index in [9.17, 15) is 0 Å². The van der Waals surface area contributed by atoms with E-state index in [4.69, 9.17) is 16.9 Å². The van der Waals surface area contributed by atoms with Gasteiger partial charge < -0.3 is 4.90 Å². The summed E-state index contributed by atoms with van der Waals surface area (Å²) in [4.78, 5) is 4.58. The van der Waals surface area contributed by atoms with Gasteiger partial charge in [-0.2, -0.15) is 5.26 Å². The highest BCUT2D eigenvalue weighted by Gasteiger charge is 2.21. The van der Waals surface area contributed by atoms with Crippen LogP contribution in [0.25, 0.3) is 0 Å². The molecule has 4 heteroatoms. The SMILES string of the molecule is CC1CN(CC(Cl)C#N)CCN1C. The van der Waals surface area contributed by atoms with E-state index in [0.717, 1.165) is 19.6 Å². The third-order valence-electron chi connectivity index (χ3n) is 2.60. The number of rotatable bonds is 2. The van der Waals surface area contributed by atoms with Gasteiger partial charge in [-0.05, 0) is 14.0 Å². The zero-order valence-corrected chi connectivity index (χ0v) is 8.96. The number of likely N-dealkylation sites (N-methyl/N-ethyl adjacent to an activating group) is 1. The monoisotopic (exact) mass is 201 g/mol. The Bertz CT molecular complexity index is 202. The van der Waals surface area contributed by atoms with Crippen molar-refractivity contribution >= 4 is 11.6 Å². The van der Waals surface area contributed by atoms with Crippen LogP contribution in [-0.2, 0) is 0 Å². The number of alkyl halides is 1. The van der Waals surface area contributed by atoms with Crippen LogP contribution in [0.3, 0.4) is 0 Å². The molecular formula is C9H16ClN3. The number of nitriles is 1. The van der Waals surface area contributed by atoms with Gasteiger partial charge in [0.15, 0.2) is 0 Å². The number of hydrogen-bond donors (Lipinski definition) is 0. The second-order valence-electron chi connectivity index (χ2n) is 3.69. The van der Waals surface area contributed by atoms with Crippen LogP contribution < -0.4 is 0 Å². The van der Waals surface area contributed by atoms with Gasteiger partial charge in [-0.15, -0.1) is 11.6 Å². The maximum atomic E-state index is 8.56. The highest BCUT2D eigenvalue weighted by molar-refractivity contribution is 6.22. The highest BCUT2D eigenvalue weighted by Crippen LogP contribution is 2.08. The van der Waals surface area contributed by atoms with Crippen LogP contribution in [0.2, 0.25) is 0 Å². The predicted octanol–water partition coefficient (Wildman–Crippen LogP) is 0.753. The fourth-order valence-corrected chi connectivity index (χ4v) is 1.75. The molecule has 1 heterocycles. The molecule has 1 aliphatic rings. The molecule has 0 aromatic carbocycles. The van der Waals surface area contributed by atoms with Crippen LogP contribution in [0.5, 0.6) is 0 Å². The summed E-state index contributed by atoms with van der Waals surface area (Å²) in [5.74, 6) is 0. The molecule has 74 valence electrons. The van der Waals surface area contributed by atoms with Gasteiger partial charge in [0.25, 0.3) is 0 Å². The molecule has 0 N–H and O–H groups in total. The van der Waals surface area contributed by atoms with Crippen LogP contribution in [0.4, 0.5) is 0 Å². The van der Waals surface area contributed by atoms with E-state index in [1.54, 1.807) is 0 Å². The molecule has 3 nitrogen and oxygen atoms in total. The van der Waals surface area contributed by atoms with Crippen molar-refractivity contribution in [3.05, 3.63) is 0 Å². The number of halogens is 1. The molecule has 0 spiro atoms. The van der Waals surface area contributed by atoms with Gasteiger partial charge in [0.05, 0.1) is 6.07 Å². The van der Waals surface area contributed by atoms with Crippen molar-refractivity contribution in [2.75, 3.05) is 33.2 Å². The molecule has 2 unspecified atom stereocenters. The first kappa shape index (κ1) is 10.8. The van der Waals surface area contributed by atoms with Crippen molar-refractivity contribution in [3.8, 4) is 6.07 Å².